The van der Waals surface area contributed by atoms with E-state index in [4.69, 9.17) is 0 Å². The third-order valence-corrected chi connectivity index (χ3v) is 7.31. The van der Waals surface area contributed by atoms with Gasteiger partial charge in [0.2, 0.25) is 0 Å². The van der Waals surface area contributed by atoms with Gasteiger partial charge in [0.25, 0.3) is 0 Å². The summed E-state index contributed by atoms with van der Waals surface area (Å²) in [6, 6.07) is 16.9. The Balaban J connectivity index is 1.81. The predicted molar refractivity (Wildman–Crippen MR) is 117 cm³/mol. The lowest BCUT2D eigenvalue weighted by Crippen LogP contribution is -2.32. The maximum absolute atomic E-state index is 13.3. The summed E-state index contributed by atoms with van der Waals surface area (Å²) in [7, 11) is 0. The van der Waals surface area contributed by atoms with Gasteiger partial charge in [-0.05, 0) is 62.3 Å². The summed E-state index contributed by atoms with van der Waals surface area (Å²) < 4.78 is 1.09. The minimum atomic E-state index is -0.0615. The predicted octanol–water partition coefficient (Wildman–Crippen LogP) is 6.97. The zero-order chi connectivity index (χ0) is 18.8. The van der Waals surface area contributed by atoms with Crippen LogP contribution in [-0.4, -0.2) is 5.78 Å². The number of ketones is 1. The summed E-state index contributed by atoms with van der Waals surface area (Å²) in [5, 5.41) is 6.14. The van der Waals surface area contributed by atoms with Gasteiger partial charge < -0.3 is 5.32 Å². The average molecular weight is 438 g/mol. The first-order valence-corrected chi connectivity index (χ1v) is 10.8. The molecular formula is C23H20BrNOS. The molecule has 3 aromatic rings. The molecule has 1 aliphatic carbocycles. The Morgan fingerprint density at radius 3 is 2.67 bits per heavy atom. The van der Waals surface area contributed by atoms with Crippen molar-refractivity contribution in [3.8, 4) is 0 Å². The standard InChI is InChI=1S/C23H20BrNOS/c1-23(2)11-15-20-14-6-4-3-5-13(14)7-8-16(20)25-22(21(15)17(26)12-23)18-9-10-19(24)27-18/h3-10,22,25H,11-12H2,1-2H3/t22-/m1/s1. The number of carbonyl (C=O) groups excluding carboxylic acids is 1. The first-order valence-electron chi connectivity index (χ1n) is 9.23. The van der Waals surface area contributed by atoms with Crippen LogP contribution in [0.4, 0.5) is 5.69 Å². The highest BCUT2D eigenvalue weighted by Crippen LogP contribution is 2.52. The molecule has 2 nitrogen and oxygen atoms in total. The molecule has 0 amide bonds. The lowest BCUT2D eigenvalue weighted by molar-refractivity contribution is -0.118. The van der Waals surface area contributed by atoms with Gasteiger partial charge in [0, 0.05) is 28.1 Å². The Bertz CT molecular complexity index is 1120. The van der Waals surface area contributed by atoms with Crippen LogP contribution in [0, 0.1) is 5.41 Å². The fourth-order valence-corrected chi connectivity index (χ4v) is 6.02. The molecule has 5 rings (SSSR count). The Labute approximate surface area is 171 Å². The third kappa shape index (κ3) is 2.77. The quantitative estimate of drug-likeness (QED) is 0.444. The van der Waals surface area contributed by atoms with E-state index >= 15 is 0 Å². The van der Waals surface area contributed by atoms with Crippen molar-refractivity contribution in [2.24, 2.45) is 5.41 Å². The molecule has 4 heteroatoms. The molecule has 1 aromatic heterocycles. The van der Waals surface area contributed by atoms with Gasteiger partial charge in [0.1, 0.15) is 0 Å². The van der Waals surface area contributed by atoms with E-state index in [-0.39, 0.29) is 17.2 Å². The molecule has 2 aromatic carbocycles. The number of halogens is 1. The van der Waals surface area contributed by atoms with Crippen molar-refractivity contribution < 1.29 is 4.79 Å². The summed E-state index contributed by atoms with van der Waals surface area (Å²) in [6.07, 6.45) is 1.54. The molecule has 136 valence electrons. The topological polar surface area (TPSA) is 29.1 Å². The minimum Gasteiger partial charge on any atom is -0.373 e. The van der Waals surface area contributed by atoms with Crippen molar-refractivity contribution >= 4 is 55.1 Å². The van der Waals surface area contributed by atoms with Crippen LogP contribution in [0.25, 0.3) is 16.3 Å². The molecule has 0 saturated heterocycles. The van der Waals surface area contributed by atoms with E-state index in [9.17, 15) is 4.79 Å². The highest BCUT2D eigenvalue weighted by Gasteiger charge is 2.41. The van der Waals surface area contributed by atoms with Crippen LogP contribution in [-0.2, 0) is 4.79 Å². The SMILES string of the molecule is CC1(C)CC(=O)C2=C(C1)c1c(ccc3ccccc13)N[C@@H]2c1ccc(Br)s1. The number of Topliss-reactive ketones (excluding diaryl/α,β-unsaturated/α-hetero) is 1. The molecule has 0 radical (unpaired) electrons. The minimum absolute atomic E-state index is 0.0119. The molecule has 27 heavy (non-hydrogen) atoms. The number of hydrogen-bond acceptors (Lipinski definition) is 3. The van der Waals surface area contributed by atoms with Crippen LogP contribution in [0.5, 0.6) is 0 Å². The average Bonchev–Trinajstić information content (AvgIpc) is 3.05. The zero-order valence-electron chi connectivity index (χ0n) is 15.3. The van der Waals surface area contributed by atoms with Gasteiger partial charge in [-0.1, -0.05) is 44.2 Å². The number of hydrogen-bond donors (Lipinski definition) is 1. The van der Waals surface area contributed by atoms with Gasteiger partial charge in [0.05, 0.1) is 9.83 Å². The van der Waals surface area contributed by atoms with Crippen LogP contribution in [0.1, 0.15) is 43.2 Å². The number of allylic oxidation sites excluding steroid dienone is 1. The second-order valence-corrected chi connectivity index (χ2v) is 10.8. The van der Waals surface area contributed by atoms with Crippen LogP contribution < -0.4 is 5.32 Å². The van der Waals surface area contributed by atoms with Crippen molar-refractivity contribution in [3.05, 3.63) is 68.3 Å². The van der Waals surface area contributed by atoms with E-state index in [0.29, 0.717) is 6.42 Å². The van der Waals surface area contributed by atoms with E-state index in [1.807, 2.05) is 0 Å². The number of carbonyl (C=O) groups is 1. The molecule has 0 spiro atoms. The summed E-state index contributed by atoms with van der Waals surface area (Å²) >= 11 is 5.27. The fourth-order valence-electron chi connectivity index (χ4n) is 4.53. The number of benzene rings is 2. The van der Waals surface area contributed by atoms with Crippen LogP contribution in [0.15, 0.2) is 57.9 Å². The second-order valence-electron chi connectivity index (χ2n) is 8.26. The largest absolute Gasteiger partial charge is 0.373 e. The van der Waals surface area contributed by atoms with Crippen molar-refractivity contribution in [1.29, 1.82) is 0 Å². The molecule has 0 bridgehead atoms. The highest BCUT2D eigenvalue weighted by atomic mass is 79.9. The third-order valence-electron chi connectivity index (χ3n) is 5.62. The van der Waals surface area contributed by atoms with E-state index in [1.165, 1.54) is 26.8 Å². The Kier molecular flexibility index (Phi) is 3.85. The van der Waals surface area contributed by atoms with E-state index in [0.717, 1.165) is 21.5 Å². The summed E-state index contributed by atoms with van der Waals surface area (Å²) in [5.74, 6) is 0.279. The van der Waals surface area contributed by atoms with Crippen molar-refractivity contribution in [3.63, 3.8) is 0 Å². The lowest BCUT2D eigenvalue weighted by Gasteiger charge is -2.39. The number of anilines is 1. The monoisotopic (exact) mass is 437 g/mol. The molecular weight excluding hydrogens is 418 g/mol. The van der Waals surface area contributed by atoms with Gasteiger partial charge in [-0.25, -0.2) is 0 Å². The molecule has 1 atom stereocenters. The maximum Gasteiger partial charge on any atom is 0.162 e. The molecule has 0 fully saturated rings. The van der Waals surface area contributed by atoms with E-state index < -0.39 is 0 Å². The Hall–Kier alpha value is -1.91. The molecule has 2 aliphatic rings. The van der Waals surface area contributed by atoms with Crippen LogP contribution in [0.2, 0.25) is 0 Å². The maximum atomic E-state index is 13.3. The first kappa shape index (κ1) is 17.2. The van der Waals surface area contributed by atoms with Gasteiger partial charge >= 0.3 is 0 Å². The Morgan fingerprint density at radius 1 is 1.07 bits per heavy atom. The van der Waals surface area contributed by atoms with Crippen molar-refractivity contribution in [2.75, 3.05) is 5.32 Å². The second kappa shape index (κ2) is 6.05. The summed E-state index contributed by atoms with van der Waals surface area (Å²) in [6.45, 7) is 4.41. The van der Waals surface area contributed by atoms with Gasteiger partial charge in [-0.3, -0.25) is 4.79 Å². The van der Waals surface area contributed by atoms with Crippen LogP contribution in [0.3, 0.4) is 0 Å². The van der Waals surface area contributed by atoms with Crippen molar-refractivity contribution in [1.82, 2.24) is 0 Å². The lowest BCUT2D eigenvalue weighted by atomic mass is 9.68. The molecule has 2 heterocycles. The zero-order valence-corrected chi connectivity index (χ0v) is 17.7. The molecule has 1 aliphatic heterocycles. The van der Waals surface area contributed by atoms with E-state index in [2.05, 4.69) is 83.6 Å². The first-order chi connectivity index (χ1) is 12.9. The summed E-state index contributed by atoms with van der Waals surface area (Å²) in [5.41, 5.74) is 4.54. The fraction of sp³-hybridized carbons (Fsp3) is 0.261. The number of nitrogens with one attached hydrogen (secondary N) is 1. The van der Waals surface area contributed by atoms with Crippen molar-refractivity contribution in [2.45, 2.75) is 32.7 Å². The van der Waals surface area contributed by atoms with Gasteiger partial charge in [-0.2, -0.15) is 0 Å². The highest BCUT2D eigenvalue weighted by molar-refractivity contribution is 9.11. The van der Waals surface area contributed by atoms with Gasteiger partial charge in [0.15, 0.2) is 5.78 Å². The smallest absolute Gasteiger partial charge is 0.162 e. The number of fused-ring (bicyclic) bond motifs is 4. The van der Waals surface area contributed by atoms with Gasteiger partial charge in [-0.15, -0.1) is 11.3 Å². The van der Waals surface area contributed by atoms with Crippen LogP contribution >= 0.6 is 27.3 Å². The molecule has 0 unspecified atom stereocenters. The summed E-state index contributed by atoms with van der Waals surface area (Å²) in [4.78, 5) is 14.5. The molecule has 1 N–H and O–H groups in total. The normalized spacial score (nSPS) is 21.0. The number of rotatable bonds is 1. The molecule has 0 saturated carbocycles. The number of thiophene rings is 1. The Morgan fingerprint density at radius 2 is 1.89 bits per heavy atom. The van der Waals surface area contributed by atoms with E-state index in [1.54, 1.807) is 11.3 Å².